The molecular weight excluding hydrogens is 346 g/mol. The second kappa shape index (κ2) is 4.88. The highest BCUT2D eigenvalue weighted by Gasteiger charge is 2.19. The van der Waals surface area contributed by atoms with Crippen molar-refractivity contribution in [2.75, 3.05) is 0 Å². The third kappa shape index (κ3) is 1.97. The first kappa shape index (κ1) is 13.1. The van der Waals surface area contributed by atoms with Gasteiger partial charge in [0, 0.05) is 27.8 Å². The number of hydrogen-bond acceptors (Lipinski definition) is 3. The second-order valence-electron chi connectivity index (χ2n) is 4.11. The molecule has 0 spiro atoms. The number of fused-ring (bicyclic) bond motifs is 1. The molecule has 0 fully saturated rings. The number of H-pyrrole nitrogens is 1. The fraction of sp³-hybridized carbons (Fsp3) is 0. The molecule has 0 radical (unpaired) electrons. The van der Waals surface area contributed by atoms with Crippen molar-refractivity contribution in [3.8, 4) is 5.69 Å². The number of ketones is 1. The van der Waals surface area contributed by atoms with E-state index in [4.69, 9.17) is 11.6 Å². The molecule has 0 bridgehead atoms. The summed E-state index contributed by atoms with van der Waals surface area (Å²) in [5.41, 5.74) is 1.47. The summed E-state index contributed by atoms with van der Waals surface area (Å²) in [4.78, 5) is 29.5. The van der Waals surface area contributed by atoms with Crippen molar-refractivity contribution in [2.24, 2.45) is 0 Å². The van der Waals surface area contributed by atoms with Crippen LogP contribution in [-0.2, 0) is 4.79 Å². The largest absolute Gasteiger partial charge is 0.350 e. The SMILES string of the molecule is O=CC(=O)c1[nH]c2cc(Br)c(Cl)cc2c1-n1ccnc1. The van der Waals surface area contributed by atoms with Gasteiger partial charge in [0.1, 0.15) is 5.69 Å². The van der Waals surface area contributed by atoms with E-state index < -0.39 is 5.78 Å². The van der Waals surface area contributed by atoms with Crippen LogP contribution in [0.25, 0.3) is 16.6 Å². The van der Waals surface area contributed by atoms with E-state index in [9.17, 15) is 9.59 Å². The van der Waals surface area contributed by atoms with Crippen LogP contribution in [0.1, 0.15) is 10.5 Å². The molecule has 7 heteroatoms. The van der Waals surface area contributed by atoms with Gasteiger partial charge < -0.3 is 9.55 Å². The lowest BCUT2D eigenvalue weighted by Gasteiger charge is -2.03. The van der Waals surface area contributed by atoms with Crippen LogP contribution >= 0.6 is 27.5 Å². The monoisotopic (exact) mass is 351 g/mol. The standard InChI is InChI=1S/C13H7BrClN3O2/c14-8-4-10-7(3-9(8)15)13(18-2-1-16-6-18)12(17-10)11(20)5-19/h1-6,17H. The molecule has 0 unspecified atom stereocenters. The Kier molecular flexibility index (Phi) is 3.19. The van der Waals surface area contributed by atoms with E-state index in [1.54, 1.807) is 35.4 Å². The molecule has 1 aromatic carbocycles. The number of hydrogen-bond donors (Lipinski definition) is 1. The van der Waals surface area contributed by atoms with E-state index in [0.29, 0.717) is 20.7 Å². The number of carbonyl (C=O) groups is 2. The van der Waals surface area contributed by atoms with Crippen molar-refractivity contribution in [1.29, 1.82) is 0 Å². The van der Waals surface area contributed by atoms with Crippen LogP contribution in [0.15, 0.2) is 35.3 Å². The van der Waals surface area contributed by atoms with Gasteiger partial charge in [0.05, 0.1) is 17.0 Å². The molecule has 20 heavy (non-hydrogen) atoms. The van der Waals surface area contributed by atoms with E-state index >= 15 is 0 Å². The molecule has 100 valence electrons. The van der Waals surface area contributed by atoms with E-state index in [2.05, 4.69) is 25.9 Å². The molecule has 3 aromatic rings. The molecule has 2 aromatic heterocycles. The van der Waals surface area contributed by atoms with Gasteiger partial charge in [-0.05, 0) is 28.1 Å². The minimum absolute atomic E-state index is 0.210. The zero-order valence-corrected chi connectivity index (χ0v) is 12.3. The Labute approximate surface area is 126 Å². The summed E-state index contributed by atoms with van der Waals surface area (Å²) in [5.74, 6) is -0.628. The Bertz CT molecular complexity index is 824. The maximum atomic E-state index is 11.8. The number of aromatic amines is 1. The van der Waals surface area contributed by atoms with Gasteiger partial charge in [-0.25, -0.2) is 4.98 Å². The molecule has 0 atom stereocenters. The fourth-order valence-corrected chi connectivity index (χ4v) is 2.58. The Hall–Kier alpha value is -1.92. The van der Waals surface area contributed by atoms with Gasteiger partial charge in [-0.1, -0.05) is 11.6 Å². The van der Waals surface area contributed by atoms with Crippen molar-refractivity contribution in [3.63, 3.8) is 0 Å². The second-order valence-corrected chi connectivity index (χ2v) is 5.37. The Morgan fingerprint density at radius 3 is 2.90 bits per heavy atom. The average molecular weight is 353 g/mol. The molecule has 2 heterocycles. The number of nitrogens with one attached hydrogen (secondary N) is 1. The number of rotatable bonds is 3. The lowest BCUT2D eigenvalue weighted by atomic mass is 10.2. The maximum absolute atomic E-state index is 11.8. The number of aldehydes is 1. The lowest BCUT2D eigenvalue weighted by Crippen LogP contribution is -2.05. The third-order valence-electron chi connectivity index (χ3n) is 2.93. The molecule has 0 saturated heterocycles. The van der Waals surface area contributed by atoms with Gasteiger partial charge in [-0.2, -0.15) is 0 Å². The van der Waals surface area contributed by atoms with Gasteiger partial charge in [0.2, 0.25) is 5.78 Å². The van der Waals surface area contributed by atoms with Crippen molar-refractivity contribution in [3.05, 3.63) is 46.0 Å². The summed E-state index contributed by atoms with van der Waals surface area (Å²) in [6.07, 6.45) is 5.12. The average Bonchev–Trinajstić information content (AvgIpc) is 3.05. The van der Waals surface area contributed by atoms with Crippen molar-refractivity contribution in [2.45, 2.75) is 0 Å². The first-order valence-electron chi connectivity index (χ1n) is 5.60. The highest BCUT2D eigenvalue weighted by Crippen LogP contribution is 2.33. The molecule has 0 amide bonds. The summed E-state index contributed by atoms with van der Waals surface area (Å²) in [6, 6.07) is 3.49. The Morgan fingerprint density at radius 2 is 2.25 bits per heavy atom. The molecular formula is C13H7BrClN3O2. The number of carbonyl (C=O) groups excluding carboxylic acids is 2. The molecule has 3 rings (SSSR count). The van der Waals surface area contributed by atoms with Gasteiger partial charge >= 0.3 is 0 Å². The number of imidazole rings is 1. The van der Waals surface area contributed by atoms with Gasteiger partial charge in [-0.15, -0.1) is 0 Å². The molecule has 1 N–H and O–H groups in total. The minimum Gasteiger partial charge on any atom is -0.350 e. The summed E-state index contributed by atoms with van der Waals surface area (Å²) in [7, 11) is 0. The van der Waals surface area contributed by atoms with Crippen LogP contribution in [0.3, 0.4) is 0 Å². The lowest BCUT2D eigenvalue weighted by molar-refractivity contribution is -0.104. The van der Waals surface area contributed by atoms with Crippen LogP contribution in [0.4, 0.5) is 0 Å². The third-order valence-corrected chi connectivity index (χ3v) is 4.13. The number of aromatic nitrogens is 3. The van der Waals surface area contributed by atoms with E-state index in [1.807, 2.05) is 0 Å². The predicted molar refractivity (Wildman–Crippen MR) is 78.5 cm³/mol. The molecule has 0 saturated carbocycles. The first-order chi connectivity index (χ1) is 9.61. The van der Waals surface area contributed by atoms with Gasteiger partial charge in [-0.3, -0.25) is 9.59 Å². The Morgan fingerprint density at radius 1 is 1.45 bits per heavy atom. The summed E-state index contributed by atoms with van der Waals surface area (Å²) in [5, 5.41) is 1.25. The minimum atomic E-state index is -0.628. The normalized spacial score (nSPS) is 10.9. The van der Waals surface area contributed by atoms with Crippen molar-refractivity contribution >= 4 is 50.5 Å². The molecule has 0 aliphatic rings. The summed E-state index contributed by atoms with van der Waals surface area (Å²) in [6.45, 7) is 0. The topological polar surface area (TPSA) is 67.8 Å². The van der Waals surface area contributed by atoms with E-state index in [0.717, 1.165) is 5.39 Å². The number of halogens is 2. The van der Waals surface area contributed by atoms with Crippen LogP contribution in [-0.4, -0.2) is 26.6 Å². The van der Waals surface area contributed by atoms with Crippen LogP contribution < -0.4 is 0 Å². The maximum Gasteiger partial charge on any atom is 0.243 e. The van der Waals surface area contributed by atoms with Crippen molar-refractivity contribution in [1.82, 2.24) is 14.5 Å². The quantitative estimate of drug-likeness (QED) is 0.447. The van der Waals surface area contributed by atoms with Crippen molar-refractivity contribution < 1.29 is 9.59 Å². The van der Waals surface area contributed by atoms with Gasteiger partial charge in [0.25, 0.3) is 0 Å². The molecule has 0 aliphatic carbocycles. The zero-order chi connectivity index (χ0) is 14.3. The number of benzene rings is 1. The highest BCUT2D eigenvalue weighted by molar-refractivity contribution is 9.10. The fourth-order valence-electron chi connectivity index (χ4n) is 2.07. The zero-order valence-electron chi connectivity index (χ0n) is 9.93. The Balaban J connectivity index is 2.41. The molecule has 5 nitrogen and oxygen atoms in total. The van der Waals surface area contributed by atoms with Gasteiger partial charge in [0.15, 0.2) is 6.29 Å². The first-order valence-corrected chi connectivity index (χ1v) is 6.77. The number of nitrogens with zero attached hydrogens (tertiary/aromatic N) is 2. The van der Waals surface area contributed by atoms with E-state index in [1.165, 1.54) is 0 Å². The van der Waals surface area contributed by atoms with Crippen LogP contribution in [0.5, 0.6) is 0 Å². The van der Waals surface area contributed by atoms with Crippen LogP contribution in [0.2, 0.25) is 5.02 Å². The predicted octanol–water partition coefficient (Wildman–Crippen LogP) is 3.15. The van der Waals surface area contributed by atoms with E-state index in [-0.39, 0.29) is 12.0 Å². The van der Waals surface area contributed by atoms with Crippen LogP contribution in [0, 0.1) is 0 Å². The smallest absolute Gasteiger partial charge is 0.243 e. The summed E-state index contributed by atoms with van der Waals surface area (Å²) < 4.78 is 2.37. The summed E-state index contributed by atoms with van der Waals surface area (Å²) >= 11 is 9.43. The number of Topliss-reactive ketones (excluding diaryl/α,β-unsaturated/α-hetero) is 1. The highest BCUT2D eigenvalue weighted by atomic mass is 79.9. The molecule has 0 aliphatic heterocycles.